The van der Waals surface area contributed by atoms with Crippen LogP contribution < -0.4 is 0 Å². The highest BCUT2D eigenvalue weighted by molar-refractivity contribution is 7.11. The van der Waals surface area contributed by atoms with E-state index in [-0.39, 0.29) is 0 Å². The van der Waals surface area contributed by atoms with Gasteiger partial charge in [-0.25, -0.2) is 4.98 Å². The number of rotatable bonds is 2. The Morgan fingerprint density at radius 2 is 2.33 bits per heavy atom. The normalized spacial score (nSPS) is 24.6. The average Bonchev–Trinajstić information content (AvgIpc) is 2.70. The number of hydrogen-bond acceptors (Lipinski definition) is 4. The topological polar surface area (TPSA) is 19.4 Å². The summed E-state index contributed by atoms with van der Waals surface area (Å²) in [5.74, 6) is 0.573. The molecule has 0 bridgehead atoms. The summed E-state index contributed by atoms with van der Waals surface area (Å²) in [5.41, 5.74) is 0. The Morgan fingerprint density at radius 1 is 1.53 bits per heavy atom. The van der Waals surface area contributed by atoms with Crippen molar-refractivity contribution in [1.82, 2.24) is 14.8 Å². The second-order valence-electron chi connectivity index (χ2n) is 4.06. The van der Waals surface area contributed by atoms with Crippen LogP contribution in [-0.2, 0) is 5.88 Å². The summed E-state index contributed by atoms with van der Waals surface area (Å²) in [6.07, 6.45) is 1.90. The fraction of sp³-hybridized carbons (Fsp3) is 0.700. The summed E-state index contributed by atoms with van der Waals surface area (Å²) in [4.78, 5) is 10.3. The molecule has 0 amide bonds. The molecular weight excluding hydrogens is 230 g/mol. The number of aromatic nitrogens is 1. The van der Waals surface area contributed by atoms with Crippen LogP contribution in [0.1, 0.15) is 15.9 Å². The Bertz CT molecular complexity index is 328. The maximum atomic E-state index is 5.79. The first-order valence-corrected chi connectivity index (χ1v) is 6.45. The molecule has 0 saturated carbocycles. The Hall–Kier alpha value is -0.160. The van der Waals surface area contributed by atoms with Crippen molar-refractivity contribution in [1.29, 1.82) is 0 Å². The fourth-order valence-electron chi connectivity index (χ4n) is 1.82. The number of nitrogens with zero attached hydrogens (tertiary/aromatic N) is 3. The standard InChI is InChI=1S/C10H16ClN3S/c1-13-3-4-14(2)9(7-13)10-12-6-8(5-11)15-10/h6,9H,3-5,7H2,1-2H3. The molecule has 1 saturated heterocycles. The lowest BCUT2D eigenvalue weighted by atomic mass is 10.2. The minimum atomic E-state index is 0.436. The lowest BCUT2D eigenvalue weighted by Crippen LogP contribution is -2.44. The van der Waals surface area contributed by atoms with Gasteiger partial charge in [-0.2, -0.15) is 0 Å². The van der Waals surface area contributed by atoms with E-state index in [0.717, 1.165) is 24.5 Å². The third kappa shape index (κ3) is 2.50. The van der Waals surface area contributed by atoms with Crippen LogP contribution in [0.2, 0.25) is 0 Å². The molecule has 84 valence electrons. The molecule has 2 heterocycles. The van der Waals surface area contributed by atoms with Crippen molar-refractivity contribution < 1.29 is 0 Å². The molecule has 1 aliphatic heterocycles. The molecule has 1 fully saturated rings. The molecule has 1 aromatic heterocycles. The van der Waals surface area contributed by atoms with Gasteiger partial charge in [0.1, 0.15) is 5.01 Å². The van der Waals surface area contributed by atoms with Crippen molar-refractivity contribution in [3.05, 3.63) is 16.1 Å². The van der Waals surface area contributed by atoms with E-state index in [1.807, 2.05) is 6.20 Å². The van der Waals surface area contributed by atoms with Gasteiger partial charge in [-0.05, 0) is 14.1 Å². The highest BCUT2D eigenvalue weighted by atomic mass is 35.5. The van der Waals surface area contributed by atoms with Gasteiger partial charge in [0.05, 0.1) is 11.9 Å². The number of likely N-dealkylation sites (N-methyl/N-ethyl adjacent to an activating group) is 2. The summed E-state index contributed by atoms with van der Waals surface area (Å²) >= 11 is 7.52. The van der Waals surface area contributed by atoms with E-state index >= 15 is 0 Å². The van der Waals surface area contributed by atoms with Gasteiger partial charge in [0.2, 0.25) is 0 Å². The van der Waals surface area contributed by atoms with Crippen LogP contribution in [0.15, 0.2) is 6.20 Å². The molecule has 5 heteroatoms. The zero-order valence-electron chi connectivity index (χ0n) is 9.11. The summed E-state index contributed by atoms with van der Waals surface area (Å²) in [6.45, 7) is 3.31. The molecule has 1 aromatic rings. The number of piperazine rings is 1. The first-order chi connectivity index (χ1) is 7.20. The van der Waals surface area contributed by atoms with Crippen molar-refractivity contribution in [3.63, 3.8) is 0 Å². The number of thiazole rings is 1. The lowest BCUT2D eigenvalue weighted by Gasteiger charge is -2.36. The van der Waals surface area contributed by atoms with Gasteiger partial charge >= 0.3 is 0 Å². The van der Waals surface area contributed by atoms with Gasteiger partial charge in [-0.1, -0.05) is 0 Å². The predicted octanol–water partition coefficient (Wildman–Crippen LogP) is 1.80. The van der Waals surface area contributed by atoms with Gasteiger partial charge in [-0.3, -0.25) is 4.90 Å². The van der Waals surface area contributed by atoms with E-state index < -0.39 is 0 Å². The van der Waals surface area contributed by atoms with E-state index in [0.29, 0.717) is 11.9 Å². The quantitative estimate of drug-likeness (QED) is 0.741. The van der Waals surface area contributed by atoms with Crippen LogP contribution in [0.5, 0.6) is 0 Å². The van der Waals surface area contributed by atoms with Gasteiger partial charge in [0.25, 0.3) is 0 Å². The maximum Gasteiger partial charge on any atom is 0.111 e. The summed E-state index contributed by atoms with van der Waals surface area (Å²) in [7, 11) is 4.33. The highest BCUT2D eigenvalue weighted by Crippen LogP contribution is 2.27. The van der Waals surface area contributed by atoms with Crippen LogP contribution in [0.25, 0.3) is 0 Å². The van der Waals surface area contributed by atoms with Crippen molar-refractivity contribution in [2.45, 2.75) is 11.9 Å². The largest absolute Gasteiger partial charge is 0.303 e. The Balaban J connectivity index is 2.13. The molecule has 15 heavy (non-hydrogen) atoms. The second kappa shape index (κ2) is 4.78. The first-order valence-electron chi connectivity index (χ1n) is 5.10. The molecule has 1 atom stereocenters. The molecule has 1 aliphatic rings. The van der Waals surface area contributed by atoms with Crippen molar-refractivity contribution in [2.24, 2.45) is 0 Å². The monoisotopic (exact) mass is 245 g/mol. The minimum Gasteiger partial charge on any atom is -0.303 e. The van der Waals surface area contributed by atoms with Crippen molar-refractivity contribution in [3.8, 4) is 0 Å². The van der Waals surface area contributed by atoms with Crippen molar-refractivity contribution in [2.75, 3.05) is 33.7 Å². The van der Waals surface area contributed by atoms with E-state index in [9.17, 15) is 0 Å². The number of halogens is 1. The molecule has 1 unspecified atom stereocenters. The van der Waals surface area contributed by atoms with Crippen LogP contribution >= 0.6 is 22.9 Å². The van der Waals surface area contributed by atoms with E-state index in [4.69, 9.17) is 11.6 Å². The maximum absolute atomic E-state index is 5.79. The van der Waals surface area contributed by atoms with Crippen molar-refractivity contribution >= 4 is 22.9 Å². The molecule has 0 spiro atoms. The van der Waals surface area contributed by atoms with Gasteiger partial charge in [0, 0.05) is 30.7 Å². The van der Waals surface area contributed by atoms with Gasteiger partial charge in [0.15, 0.2) is 0 Å². The molecule has 0 aliphatic carbocycles. The Labute approximate surface area is 99.7 Å². The zero-order chi connectivity index (χ0) is 10.8. The second-order valence-corrected chi connectivity index (χ2v) is 5.47. The minimum absolute atomic E-state index is 0.436. The average molecular weight is 246 g/mol. The van der Waals surface area contributed by atoms with Crippen LogP contribution in [0.4, 0.5) is 0 Å². The third-order valence-corrected chi connectivity index (χ3v) is 4.38. The Kier molecular flexibility index (Phi) is 3.61. The van der Waals surface area contributed by atoms with Crippen LogP contribution in [0.3, 0.4) is 0 Å². The molecule has 0 aromatic carbocycles. The summed E-state index contributed by atoms with van der Waals surface area (Å²) in [6, 6.07) is 0.436. The lowest BCUT2D eigenvalue weighted by molar-refractivity contribution is 0.115. The van der Waals surface area contributed by atoms with Crippen LogP contribution in [0, 0.1) is 0 Å². The van der Waals surface area contributed by atoms with Crippen LogP contribution in [-0.4, -0.2) is 48.5 Å². The third-order valence-electron chi connectivity index (χ3n) is 2.84. The van der Waals surface area contributed by atoms with E-state index in [1.165, 1.54) is 5.01 Å². The SMILES string of the molecule is CN1CCN(C)C(c2ncc(CCl)s2)C1. The predicted molar refractivity (Wildman–Crippen MR) is 64.5 cm³/mol. The van der Waals surface area contributed by atoms with E-state index in [1.54, 1.807) is 11.3 Å². The van der Waals surface area contributed by atoms with Gasteiger partial charge < -0.3 is 4.90 Å². The molecular formula is C10H16ClN3S. The zero-order valence-corrected chi connectivity index (χ0v) is 10.7. The number of alkyl halides is 1. The molecule has 2 rings (SSSR count). The Morgan fingerprint density at radius 3 is 3.00 bits per heavy atom. The highest BCUT2D eigenvalue weighted by Gasteiger charge is 2.25. The fourth-order valence-corrected chi connectivity index (χ4v) is 2.97. The summed E-state index contributed by atoms with van der Waals surface area (Å²) < 4.78 is 0. The summed E-state index contributed by atoms with van der Waals surface area (Å²) in [5, 5.41) is 1.19. The first kappa shape index (κ1) is 11.3. The number of hydrogen-bond donors (Lipinski definition) is 0. The smallest absolute Gasteiger partial charge is 0.111 e. The van der Waals surface area contributed by atoms with E-state index in [2.05, 4.69) is 28.9 Å². The molecule has 0 radical (unpaired) electrons. The molecule has 0 N–H and O–H groups in total. The molecule has 3 nitrogen and oxygen atoms in total. The van der Waals surface area contributed by atoms with Gasteiger partial charge in [-0.15, -0.1) is 22.9 Å².